The number of rotatable bonds is 27. The smallest absolute Gasteiger partial charge is 0.410 e. The summed E-state index contributed by atoms with van der Waals surface area (Å²) in [5.41, 5.74) is -1.45. The maximum absolute atomic E-state index is 14.7. The lowest BCUT2D eigenvalue weighted by Crippen LogP contribution is -2.63. The maximum Gasteiger partial charge on any atom is 0.410 e. The molecule has 0 heterocycles. The number of nitrogens with zero attached hydrogens (tertiary/aromatic N) is 2. The largest absolute Gasteiger partial charge is 0.491 e. The Morgan fingerprint density at radius 3 is 1.84 bits per heavy atom. The highest BCUT2D eigenvalue weighted by Gasteiger charge is 2.46. The lowest BCUT2D eigenvalue weighted by Gasteiger charge is -2.42. The molecule has 0 bridgehead atoms. The van der Waals surface area contributed by atoms with Crippen LogP contribution >= 0.6 is 11.8 Å². The number of carbonyl (C=O) groups is 5. The summed E-state index contributed by atoms with van der Waals surface area (Å²) in [5.74, 6) is -0.172. The summed E-state index contributed by atoms with van der Waals surface area (Å²) in [4.78, 5) is 69.7. The van der Waals surface area contributed by atoms with Crippen molar-refractivity contribution >= 4 is 40.8 Å². The number of likely N-dealkylation sites (N-methyl/N-ethyl adjacent to an activating group) is 2. The zero-order valence-electron chi connectivity index (χ0n) is 40.5. The van der Waals surface area contributed by atoms with E-state index in [0.717, 1.165) is 18.4 Å². The summed E-state index contributed by atoms with van der Waals surface area (Å²) in [5, 5.41) is 3.24. The molecule has 1 aromatic rings. The van der Waals surface area contributed by atoms with Gasteiger partial charge in [0, 0.05) is 37.3 Å². The number of unbranched alkanes of at least 4 members (excludes halogenated alkanes) is 1. The molecule has 0 spiro atoms. The van der Waals surface area contributed by atoms with Gasteiger partial charge in [0.25, 0.3) is 0 Å². The molecule has 0 radical (unpaired) electrons. The normalized spacial score (nSPS) is 13.8. The van der Waals surface area contributed by atoms with Crippen molar-refractivity contribution in [2.45, 2.75) is 138 Å². The van der Waals surface area contributed by atoms with Gasteiger partial charge in [-0.1, -0.05) is 91.8 Å². The number of nitrogens with one attached hydrogen (secondary N) is 1. The van der Waals surface area contributed by atoms with Crippen LogP contribution in [0.5, 0.6) is 5.75 Å². The second-order valence-electron chi connectivity index (χ2n) is 18.3. The van der Waals surface area contributed by atoms with Gasteiger partial charge >= 0.3 is 12.1 Å². The lowest BCUT2D eigenvalue weighted by atomic mass is 9.76. The molecule has 0 fully saturated rings. The first kappa shape index (κ1) is 56.4. The highest BCUT2D eigenvalue weighted by atomic mass is 32.2. The SMILES string of the molecule is CCCCC(=O)SCCOCCOCCOCCOc1ccc(C(C)(C)[C@@H](C(=O)N[C@H](C(=O)N(C)[C@H](/C=C(\C)C(=O)OCC)C(C)C)C(C)(C)C)N(C)C(=O)OC(C)(C)C)cc1. The molecule has 0 aliphatic rings. The Bertz CT molecular complexity index is 1570. The Labute approximate surface area is 376 Å². The topological polar surface area (TPSA) is 159 Å². The van der Waals surface area contributed by atoms with Gasteiger partial charge in [-0.15, -0.1) is 0 Å². The number of benzene rings is 1. The van der Waals surface area contributed by atoms with Crippen molar-refractivity contribution in [1.82, 2.24) is 15.1 Å². The van der Waals surface area contributed by atoms with E-state index in [1.54, 1.807) is 64.8 Å². The van der Waals surface area contributed by atoms with E-state index in [1.165, 1.54) is 23.7 Å². The molecule has 0 saturated carbocycles. The van der Waals surface area contributed by atoms with Gasteiger partial charge in [-0.25, -0.2) is 9.59 Å². The monoisotopic (exact) mass is 894 g/mol. The van der Waals surface area contributed by atoms with Crippen LogP contribution < -0.4 is 10.1 Å². The van der Waals surface area contributed by atoms with Gasteiger partial charge in [-0.3, -0.25) is 19.3 Å². The maximum atomic E-state index is 14.7. The second-order valence-corrected chi connectivity index (χ2v) is 19.5. The van der Waals surface area contributed by atoms with Crippen molar-refractivity contribution in [2.24, 2.45) is 11.3 Å². The zero-order valence-corrected chi connectivity index (χ0v) is 41.3. The van der Waals surface area contributed by atoms with Gasteiger partial charge in [-0.05, 0) is 70.1 Å². The summed E-state index contributed by atoms with van der Waals surface area (Å²) in [6.07, 6.45) is 3.59. The van der Waals surface area contributed by atoms with E-state index in [4.69, 9.17) is 28.4 Å². The number of esters is 1. The summed E-state index contributed by atoms with van der Waals surface area (Å²) >= 11 is 1.32. The second kappa shape index (κ2) is 27.5. The van der Waals surface area contributed by atoms with Crippen molar-refractivity contribution in [3.05, 3.63) is 41.5 Å². The highest BCUT2D eigenvalue weighted by molar-refractivity contribution is 8.13. The van der Waals surface area contributed by atoms with Crippen LogP contribution in [-0.2, 0) is 48.3 Å². The Morgan fingerprint density at radius 2 is 1.34 bits per heavy atom. The fourth-order valence-electron chi connectivity index (χ4n) is 6.47. The molecule has 0 aliphatic carbocycles. The van der Waals surface area contributed by atoms with Gasteiger partial charge in [-0.2, -0.15) is 0 Å². The fraction of sp³-hybridized carbons (Fsp3) is 0.723. The van der Waals surface area contributed by atoms with Crippen LogP contribution in [0.2, 0.25) is 0 Å². The molecule has 14 nitrogen and oxygen atoms in total. The summed E-state index contributed by atoms with van der Waals surface area (Å²) in [6, 6.07) is 4.71. The third kappa shape index (κ3) is 20.2. The van der Waals surface area contributed by atoms with Crippen molar-refractivity contribution in [1.29, 1.82) is 0 Å². The quantitative estimate of drug-likeness (QED) is 0.0525. The third-order valence-corrected chi connectivity index (χ3v) is 10.9. The molecule has 3 amide bonds. The lowest BCUT2D eigenvalue weighted by molar-refractivity contribution is -0.142. The van der Waals surface area contributed by atoms with Crippen LogP contribution in [0, 0.1) is 11.3 Å². The molecular weight excluding hydrogens is 815 g/mol. The van der Waals surface area contributed by atoms with E-state index in [-0.39, 0.29) is 23.5 Å². The van der Waals surface area contributed by atoms with Crippen LogP contribution in [-0.4, -0.2) is 135 Å². The first-order valence-corrected chi connectivity index (χ1v) is 22.9. The Kier molecular flexibility index (Phi) is 25.0. The van der Waals surface area contributed by atoms with Crippen molar-refractivity contribution in [2.75, 3.05) is 72.7 Å². The predicted molar refractivity (Wildman–Crippen MR) is 245 cm³/mol. The van der Waals surface area contributed by atoms with E-state index in [2.05, 4.69) is 12.2 Å². The number of ether oxygens (including phenoxy) is 6. The molecular formula is C47H79N3O11S. The molecule has 15 heteroatoms. The molecule has 3 atom stereocenters. The van der Waals surface area contributed by atoms with Crippen LogP contribution in [0.1, 0.15) is 115 Å². The van der Waals surface area contributed by atoms with E-state index < -0.39 is 52.5 Å². The van der Waals surface area contributed by atoms with E-state index >= 15 is 0 Å². The number of hydrogen-bond acceptors (Lipinski definition) is 12. The van der Waals surface area contributed by atoms with Crippen molar-refractivity contribution in [3.63, 3.8) is 0 Å². The standard InChI is InChI=1S/C47H79N3O11S/c1-16-18-19-38(51)62-31-30-58-27-26-56-24-25-57-28-29-60-36-22-20-35(21-23-36)47(12,13)40(50(15)44(55)61-46(9,10)11)41(52)48-39(45(6,7)8)42(53)49(14)37(33(3)4)32-34(5)43(54)59-17-2/h20-23,32-33,37,39-40H,16-19,24-31H2,1-15H3,(H,48,52)/b34-32+/t37-,39-,40-/m1/s1. The van der Waals surface area contributed by atoms with Gasteiger partial charge in [0.15, 0.2) is 5.12 Å². The van der Waals surface area contributed by atoms with Gasteiger partial charge in [0.05, 0.1) is 52.3 Å². The molecule has 0 saturated heterocycles. The van der Waals surface area contributed by atoms with Crippen molar-refractivity contribution < 1.29 is 52.4 Å². The van der Waals surface area contributed by atoms with Gasteiger partial charge in [0.1, 0.15) is 30.0 Å². The van der Waals surface area contributed by atoms with E-state index in [0.29, 0.717) is 69.7 Å². The molecule has 1 aromatic carbocycles. The number of hydrogen-bond donors (Lipinski definition) is 1. The Balaban J connectivity index is 3.07. The molecule has 1 rings (SSSR count). The predicted octanol–water partition coefficient (Wildman–Crippen LogP) is 7.60. The minimum atomic E-state index is -1.12. The Hall–Kier alpha value is -3.66. The van der Waals surface area contributed by atoms with Crippen LogP contribution in [0.25, 0.3) is 0 Å². The van der Waals surface area contributed by atoms with Crippen molar-refractivity contribution in [3.8, 4) is 5.75 Å². The molecule has 0 aliphatic heterocycles. The molecule has 0 unspecified atom stereocenters. The first-order chi connectivity index (χ1) is 28.9. The number of carbonyl (C=O) groups excluding carboxylic acids is 5. The third-order valence-electron chi connectivity index (χ3n) is 9.96. The number of amides is 3. The van der Waals surface area contributed by atoms with E-state index in [1.807, 2.05) is 60.6 Å². The molecule has 62 heavy (non-hydrogen) atoms. The fourth-order valence-corrected chi connectivity index (χ4v) is 7.19. The summed E-state index contributed by atoms with van der Waals surface area (Å²) in [7, 11) is 3.18. The average Bonchev–Trinajstić information content (AvgIpc) is 3.18. The van der Waals surface area contributed by atoms with Crippen LogP contribution in [0.4, 0.5) is 4.79 Å². The molecule has 354 valence electrons. The zero-order chi connectivity index (χ0) is 47.3. The minimum absolute atomic E-state index is 0.0693. The van der Waals surface area contributed by atoms with Gasteiger partial charge < -0.3 is 38.6 Å². The minimum Gasteiger partial charge on any atom is -0.491 e. The highest BCUT2D eigenvalue weighted by Crippen LogP contribution is 2.33. The van der Waals surface area contributed by atoms with Crippen LogP contribution in [0.3, 0.4) is 0 Å². The summed E-state index contributed by atoms with van der Waals surface area (Å²) < 4.78 is 33.6. The van der Waals surface area contributed by atoms with E-state index in [9.17, 15) is 24.0 Å². The first-order valence-electron chi connectivity index (χ1n) is 21.9. The Morgan fingerprint density at radius 1 is 0.790 bits per heavy atom. The van der Waals surface area contributed by atoms with Crippen LogP contribution in [0.15, 0.2) is 35.9 Å². The number of thioether (sulfide) groups is 1. The molecule has 0 aromatic heterocycles. The average molecular weight is 894 g/mol. The molecule has 1 N–H and O–H groups in total. The van der Waals surface area contributed by atoms with Gasteiger partial charge in [0.2, 0.25) is 11.8 Å². The summed E-state index contributed by atoms with van der Waals surface area (Å²) in [6.45, 7) is 27.0.